The van der Waals surface area contributed by atoms with Crippen LogP contribution in [0.4, 0.5) is 0 Å². The molecule has 0 amide bonds. The minimum Gasteiger partial charge on any atom is -0.309 e. The van der Waals surface area contributed by atoms with Crippen molar-refractivity contribution < 1.29 is 0 Å². The average Bonchev–Trinajstić information content (AvgIpc) is 2.82. The number of hydrogen-bond donors (Lipinski definition) is 1. The molecule has 2 aromatic rings. The van der Waals surface area contributed by atoms with Gasteiger partial charge in [-0.1, -0.05) is 48.8 Å². The molecule has 0 aliphatic heterocycles. The predicted octanol–water partition coefficient (Wildman–Crippen LogP) is 5.20. The zero-order chi connectivity index (χ0) is 15.0. The summed E-state index contributed by atoms with van der Waals surface area (Å²) in [5.41, 5.74) is 2.83. The number of hydrogen-bond acceptors (Lipinski definition) is 3. The predicted molar refractivity (Wildman–Crippen MR) is 93.8 cm³/mol. The lowest BCUT2D eigenvalue weighted by molar-refractivity contribution is 0.260. The molecule has 0 spiro atoms. The third kappa shape index (κ3) is 3.22. The Morgan fingerprint density at radius 2 is 2.05 bits per heavy atom. The molecule has 0 bridgehead atoms. The van der Waals surface area contributed by atoms with Crippen LogP contribution in [0.3, 0.4) is 0 Å². The summed E-state index contributed by atoms with van der Waals surface area (Å²) in [6, 6.07) is 8.90. The second-order valence-corrected chi connectivity index (χ2v) is 8.44. The quantitative estimate of drug-likeness (QED) is 0.809. The molecule has 1 unspecified atom stereocenters. The maximum absolute atomic E-state index is 4.94. The first kappa shape index (κ1) is 15.2. The number of thiazole rings is 1. The highest BCUT2D eigenvalue weighted by molar-refractivity contribution is 9.10. The molecule has 0 saturated carbocycles. The van der Waals surface area contributed by atoms with Crippen LogP contribution in [0.15, 0.2) is 28.7 Å². The van der Waals surface area contributed by atoms with Gasteiger partial charge in [0, 0.05) is 21.0 Å². The molecule has 1 aromatic heterocycles. The molecule has 1 atom stereocenters. The Kier molecular flexibility index (Phi) is 4.21. The summed E-state index contributed by atoms with van der Waals surface area (Å²) in [4.78, 5) is 6.38. The minimum atomic E-state index is 0.324. The standard InChI is InChI=1S/C17H21BrN2S/c1-4-19-13-9-17(2,3)10-14-15(13)21-16(20-14)11-5-7-12(18)8-6-11/h5-8,13,19H,4,9-10H2,1-3H3. The van der Waals surface area contributed by atoms with Crippen molar-refractivity contribution in [2.45, 2.75) is 39.7 Å². The van der Waals surface area contributed by atoms with Crippen molar-refractivity contribution >= 4 is 27.3 Å². The van der Waals surface area contributed by atoms with Crippen molar-refractivity contribution in [1.82, 2.24) is 10.3 Å². The fraction of sp³-hybridized carbons (Fsp3) is 0.471. The van der Waals surface area contributed by atoms with Gasteiger partial charge in [-0.3, -0.25) is 0 Å². The van der Waals surface area contributed by atoms with Crippen molar-refractivity contribution in [3.8, 4) is 10.6 Å². The minimum absolute atomic E-state index is 0.324. The maximum atomic E-state index is 4.94. The van der Waals surface area contributed by atoms with E-state index in [9.17, 15) is 0 Å². The zero-order valence-electron chi connectivity index (χ0n) is 12.7. The number of aromatic nitrogens is 1. The van der Waals surface area contributed by atoms with Crippen molar-refractivity contribution in [2.75, 3.05) is 6.54 Å². The summed E-state index contributed by atoms with van der Waals surface area (Å²) in [5.74, 6) is 0. The van der Waals surface area contributed by atoms with E-state index in [2.05, 4.69) is 66.3 Å². The molecule has 1 N–H and O–H groups in total. The number of nitrogens with zero attached hydrogens (tertiary/aromatic N) is 1. The number of nitrogens with one attached hydrogen (secondary N) is 1. The molecule has 21 heavy (non-hydrogen) atoms. The van der Waals surface area contributed by atoms with Crippen LogP contribution in [0.25, 0.3) is 10.6 Å². The highest BCUT2D eigenvalue weighted by Crippen LogP contribution is 2.44. The average molecular weight is 365 g/mol. The molecule has 1 heterocycles. The lowest BCUT2D eigenvalue weighted by atomic mass is 9.76. The van der Waals surface area contributed by atoms with E-state index in [1.165, 1.54) is 22.6 Å². The molecule has 1 aromatic carbocycles. The Bertz CT molecular complexity index is 631. The lowest BCUT2D eigenvalue weighted by Crippen LogP contribution is -2.32. The molecule has 1 aliphatic carbocycles. The summed E-state index contributed by atoms with van der Waals surface area (Å²) in [7, 11) is 0. The van der Waals surface area contributed by atoms with Crippen LogP contribution >= 0.6 is 27.3 Å². The number of fused-ring (bicyclic) bond motifs is 1. The van der Waals surface area contributed by atoms with Gasteiger partial charge in [-0.25, -0.2) is 4.98 Å². The Hall–Kier alpha value is -0.710. The largest absolute Gasteiger partial charge is 0.309 e. The Morgan fingerprint density at radius 3 is 2.71 bits per heavy atom. The molecule has 1 aliphatic rings. The van der Waals surface area contributed by atoms with E-state index in [0.717, 1.165) is 22.4 Å². The van der Waals surface area contributed by atoms with Crippen molar-refractivity contribution in [1.29, 1.82) is 0 Å². The Balaban J connectivity index is 1.99. The fourth-order valence-corrected chi connectivity index (χ4v) is 4.49. The zero-order valence-corrected chi connectivity index (χ0v) is 15.1. The first-order valence-electron chi connectivity index (χ1n) is 7.47. The first-order chi connectivity index (χ1) is 9.98. The van der Waals surface area contributed by atoms with E-state index >= 15 is 0 Å². The van der Waals surface area contributed by atoms with Crippen LogP contribution in [0.5, 0.6) is 0 Å². The monoisotopic (exact) mass is 364 g/mol. The van der Waals surface area contributed by atoms with E-state index in [-0.39, 0.29) is 0 Å². The highest BCUT2D eigenvalue weighted by atomic mass is 79.9. The molecular formula is C17H21BrN2S. The molecule has 2 nitrogen and oxygen atoms in total. The second-order valence-electron chi connectivity index (χ2n) is 6.49. The van der Waals surface area contributed by atoms with Gasteiger partial charge < -0.3 is 5.32 Å². The fourth-order valence-electron chi connectivity index (χ4n) is 3.06. The number of benzene rings is 1. The Labute approximate surface area is 139 Å². The van der Waals surface area contributed by atoms with Crippen LogP contribution < -0.4 is 5.32 Å². The Morgan fingerprint density at radius 1 is 1.33 bits per heavy atom. The summed E-state index contributed by atoms with van der Waals surface area (Å²) in [6.07, 6.45) is 2.27. The number of halogens is 1. The summed E-state index contributed by atoms with van der Waals surface area (Å²) >= 11 is 5.35. The lowest BCUT2D eigenvalue weighted by Gasteiger charge is -2.34. The molecule has 0 saturated heterocycles. The van der Waals surface area contributed by atoms with E-state index in [1.807, 2.05) is 11.3 Å². The second kappa shape index (κ2) is 5.82. The molecule has 0 radical (unpaired) electrons. The summed E-state index contributed by atoms with van der Waals surface area (Å²) < 4.78 is 1.11. The van der Waals surface area contributed by atoms with E-state index in [4.69, 9.17) is 4.98 Å². The SMILES string of the molecule is CCNC1CC(C)(C)Cc2nc(-c3ccc(Br)cc3)sc21. The smallest absolute Gasteiger partial charge is 0.123 e. The van der Waals surface area contributed by atoms with Gasteiger partial charge in [0.25, 0.3) is 0 Å². The van der Waals surface area contributed by atoms with E-state index in [0.29, 0.717) is 11.5 Å². The molecule has 112 valence electrons. The third-order valence-corrected chi connectivity index (χ3v) is 5.78. The van der Waals surface area contributed by atoms with Crippen LogP contribution in [-0.2, 0) is 6.42 Å². The molecule has 4 heteroatoms. The maximum Gasteiger partial charge on any atom is 0.123 e. The van der Waals surface area contributed by atoms with Gasteiger partial charge in [-0.2, -0.15) is 0 Å². The van der Waals surface area contributed by atoms with Crippen molar-refractivity contribution in [3.05, 3.63) is 39.3 Å². The van der Waals surface area contributed by atoms with E-state index in [1.54, 1.807) is 0 Å². The number of rotatable bonds is 3. The van der Waals surface area contributed by atoms with Crippen molar-refractivity contribution in [3.63, 3.8) is 0 Å². The van der Waals surface area contributed by atoms with Gasteiger partial charge in [0.1, 0.15) is 5.01 Å². The van der Waals surface area contributed by atoms with E-state index < -0.39 is 0 Å². The molecule has 3 rings (SSSR count). The van der Waals surface area contributed by atoms with Gasteiger partial charge in [-0.05, 0) is 36.9 Å². The third-order valence-electron chi connectivity index (χ3n) is 3.99. The normalized spacial score (nSPS) is 20.3. The first-order valence-corrected chi connectivity index (χ1v) is 9.08. The molecular weight excluding hydrogens is 344 g/mol. The van der Waals surface area contributed by atoms with Gasteiger partial charge in [-0.15, -0.1) is 11.3 Å². The van der Waals surface area contributed by atoms with Crippen LogP contribution in [0, 0.1) is 5.41 Å². The highest BCUT2D eigenvalue weighted by Gasteiger charge is 2.34. The van der Waals surface area contributed by atoms with Crippen LogP contribution in [-0.4, -0.2) is 11.5 Å². The molecule has 0 fully saturated rings. The van der Waals surface area contributed by atoms with Crippen LogP contribution in [0.1, 0.15) is 43.8 Å². The van der Waals surface area contributed by atoms with Gasteiger partial charge >= 0.3 is 0 Å². The van der Waals surface area contributed by atoms with Gasteiger partial charge in [0.2, 0.25) is 0 Å². The van der Waals surface area contributed by atoms with Crippen molar-refractivity contribution in [2.24, 2.45) is 5.41 Å². The summed E-state index contributed by atoms with van der Waals surface area (Å²) in [6.45, 7) is 7.88. The topological polar surface area (TPSA) is 24.9 Å². The van der Waals surface area contributed by atoms with Gasteiger partial charge in [0.05, 0.1) is 5.69 Å². The van der Waals surface area contributed by atoms with Gasteiger partial charge in [0.15, 0.2) is 0 Å². The summed E-state index contributed by atoms with van der Waals surface area (Å²) in [5, 5.41) is 4.78. The van der Waals surface area contributed by atoms with Crippen LogP contribution in [0.2, 0.25) is 0 Å².